The molecule has 0 bridgehead atoms. The lowest BCUT2D eigenvalue weighted by Crippen LogP contribution is -2.08. The second-order valence-corrected chi connectivity index (χ2v) is 4.11. The number of benzene rings is 1. The number of esters is 1. The minimum absolute atomic E-state index is 0.265. The van der Waals surface area contributed by atoms with E-state index in [1.165, 1.54) is 7.11 Å². The molecule has 16 heavy (non-hydrogen) atoms. The van der Waals surface area contributed by atoms with Crippen molar-refractivity contribution in [2.75, 3.05) is 13.7 Å². The van der Waals surface area contributed by atoms with Gasteiger partial charge in [0.05, 0.1) is 19.3 Å². The Bertz CT molecular complexity index is 451. The number of hydrogen-bond donors (Lipinski definition) is 0. The molecular weight excluding hydrogens is 321 g/mol. The lowest BCUT2D eigenvalue weighted by molar-refractivity contribution is 0.0522. The second-order valence-electron chi connectivity index (χ2n) is 2.87. The molecule has 0 fully saturated rings. The Morgan fingerprint density at radius 3 is 2.75 bits per heavy atom. The van der Waals surface area contributed by atoms with E-state index >= 15 is 0 Å². The minimum atomic E-state index is -0.477. The van der Waals surface area contributed by atoms with Gasteiger partial charge in [-0.05, 0) is 41.6 Å². The summed E-state index contributed by atoms with van der Waals surface area (Å²) in [5.74, 6) is -0.212. The molecule has 0 saturated carbocycles. The van der Waals surface area contributed by atoms with Crippen molar-refractivity contribution in [3.05, 3.63) is 26.8 Å². The highest BCUT2D eigenvalue weighted by Crippen LogP contribution is 2.26. The van der Waals surface area contributed by atoms with Crippen LogP contribution in [-0.4, -0.2) is 19.7 Å². The van der Waals surface area contributed by atoms with Crippen LogP contribution in [0.3, 0.4) is 0 Å². The van der Waals surface area contributed by atoms with Crippen LogP contribution in [0.15, 0.2) is 12.1 Å². The quantitative estimate of drug-likeness (QED) is 0.630. The highest BCUT2D eigenvalue weighted by molar-refractivity contribution is 14.1. The Balaban J connectivity index is 3.32. The third-order valence-electron chi connectivity index (χ3n) is 1.87. The van der Waals surface area contributed by atoms with Gasteiger partial charge in [-0.25, -0.2) is 4.79 Å². The lowest BCUT2D eigenvalue weighted by Gasteiger charge is -2.09. The van der Waals surface area contributed by atoms with Crippen molar-refractivity contribution in [2.45, 2.75) is 6.92 Å². The first-order valence-electron chi connectivity index (χ1n) is 4.58. The van der Waals surface area contributed by atoms with Crippen LogP contribution in [-0.2, 0) is 4.74 Å². The summed E-state index contributed by atoms with van der Waals surface area (Å²) >= 11 is 2.03. The Morgan fingerprint density at radius 1 is 1.56 bits per heavy atom. The van der Waals surface area contributed by atoms with Gasteiger partial charge in [0, 0.05) is 3.57 Å². The van der Waals surface area contributed by atoms with Crippen molar-refractivity contribution in [3.8, 4) is 11.8 Å². The van der Waals surface area contributed by atoms with Gasteiger partial charge in [0.15, 0.2) is 5.75 Å². The molecule has 0 spiro atoms. The summed E-state index contributed by atoms with van der Waals surface area (Å²) in [5, 5.41) is 8.92. The Morgan fingerprint density at radius 2 is 2.25 bits per heavy atom. The van der Waals surface area contributed by atoms with Gasteiger partial charge in [-0.1, -0.05) is 0 Å². The van der Waals surface area contributed by atoms with Crippen molar-refractivity contribution < 1.29 is 14.3 Å². The first-order valence-corrected chi connectivity index (χ1v) is 5.66. The molecule has 4 nitrogen and oxygen atoms in total. The minimum Gasteiger partial charge on any atom is -0.494 e. The third-order valence-corrected chi connectivity index (χ3v) is 2.50. The SMILES string of the molecule is CCOC(=O)c1cc(I)cc(C#N)c1OC. The van der Waals surface area contributed by atoms with Gasteiger partial charge in [0.25, 0.3) is 0 Å². The zero-order valence-corrected chi connectivity index (χ0v) is 11.1. The molecule has 0 aliphatic heterocycles. The molecule has 1 aromatic carbocycles. The monoisotopic (exact) mass is 331 g/mol. The van der Waals surface area contributed by atoms with E-state index in [0.717, 1.165) is 3.57 Å². The van der Waals surface area contributed by atoms with E-state index < -0.39 is 5.97 Å². The Hall–Kier alpha value is -1.29. The predicted molar refractivity (Wildman–Crippen MR) is 66.4 cm³/mol. The van der Waals surface area contributed by atoms with Crippen LogP contribution in [0.25, 0.3) is 0 Å². The molecule has 84 valence electrons. The molecule has 5 heteroatoms. The number of hydrogen-bond acceptors (Lipinski definition) is 4. The number of methoxy groups -OCH3 is 1. The van der Waals surface area contributed by atoms with Gasteiger partial charge >= 0.3 is 5.97 Å². The molecular formula is C11H10INO3. The van der Waals surface area contributed by atoms with Crippen molar-refractivity contribution in [1.29, 1.82) is 5.26 Å². The number of rotatable bonds is 3. The van der Waals surface area contributed by atoms with E-state index in [9.17, 15) is 4.79 Å². The van der Waals surface area contributed by atoms with Crippen molar-refractivity contribution >= 4 is 28.6 Å². The topological polar surface area (TPSA) is 59.3 Å². The zero-order chi connectivity index (χ0) is 12.1. The van der Waals surface area contributed by atoms with E-state index in [1.807, 2.05) is 28.7 Å². The normalized spacial score (nSPS) is 9.38. The van der Waals surface area contributed by atoms with E-state index in [0.29, 0.717) is 5.56 Å². The van der Waals surface area contributed by atoms with Gasteiger partial charge in [0.2, 0.25) is 0 Å². The summed E-state index contributed by atoms with van der Waals surface area (Å²) in [5.41, 5.74) is 0.616. The summed E-state index contributed by atoms with van der Waals surface area (Å²) in [4.78, 5) is 11.6. The summed E-state index contributed by atoms with van der Waals surface area (Å²) in [6.07, 6.45) is 0. The summed E-state index contributed by atoms with van der Waals surface area (Å²) < 4.78 is 10.7. The fourth-order valence-electron chi connectivity index (χ4n) is 1.26. The predicted octanol–water partition coefficient (Wildman–Crippen LogP) is 2.35. The molecule has 0 heterocycles. The van der Waals surface area contributed by atoms with Crippen LogP contribution < -0.4 is 4.74 Å². The summed E-state index contributed by atoms with van der Waals surface area (Å²) in [6, 6.07) is 5.28. The smallest absolute Gasteiger partial charge is 0.341 e. The first-order chi connectivity index (χ1) is 7.63. The van der Waals surface area contributed by atoms with Crippen LogP contribution >= 0.6 is 22.6 Å². The largest absolute Gasteiger partial charge is 0.494 e. The van der Waals surface area contributed by atoms with Gasteiger partial charge in [-0.2, -0.15) is 5.26 Å². The maximum atomic E-state index is 11.6. The van der Waals surface area contributed by atoms with Gasteiger partial charge in [-0.3, -0.25) is 0 Å². The van der Waals surface area contributed by atoms with Crippen molar-refractivity contribution in [3.63, 3.8) is 0 Å². The van der Waals surface area contributed by atoms with Crippen LogP contribution in [0.1, 0.15) is 22.8 Å². The second kappa shape index (κ2) is 5.70. The van der Waals surface area contributed by atoms with Crippen molar-refractivity contribution in [1.82, 2.24) is 0 Å². The zero-order valence-electron chi connectivity index (χ0n) is 8.91. The van der Waals surface area contributed by atoms with E-state index in [1.54, 1.807) is 19.1 Å². The van der Waals surface area contributed by atoms with Crippen LogP contribution in [0, 0.1) is 14.9 Å². The Labute approximate surface area is 107 Å². The fraction of sp³-hybridized carbons (Fsp3) is 0.273. The van der Waals surface area contributed by atoms with Crippen LogP contribution in [0.2, 0.25) is 0 Å². The molecule has 0 saturated heterocycles. The standard InChI is InChI=1S/C11H10INO3/c1-3-16-11(14)9-5-8(12)4-7(6-13)10(9)15-2/h4-5H,3H2,1-2H3. The number of halogens is 1. The highest BCUT2D eigenvalue weighted by atomic mass is 127. The maximum Gasteiger partial charge on any atom is 0.341 e. The van der Waals surface area contributed by atoms with E-state index in [-0.39, 0.29) is 17.9 Å². The number of nitriles is 1. The summed E-state index contributed by atoms with van der Waals surface area (Å²) in [6.45, 7) is 2.01. The molecule has 0 aliphatic rings. The average Bonchev–Trinajstić information content (AvgIpc) is 2.28. The molecule has 1 rings (SSSR count). The number of ether oxygens (including phenoxy) is 2. The van der Waals surface area contributed by atoms with E-state index in [4.69, 9.17) is 14.7 Å². The molecule has 0 amide bonds. The molecule has 0 radical (unpaired) electrons. The number of nitrogens with zero attached hydrogens (tertiary/aromatic N) is 1. The first kappa shape index (κ1) is 12.8. The molecule has 0 unspecified atom stereocenters. The van der Waals surface area contributed by atoms with Gasteiger partial charge in [0.1, 0.15) is 11.6 Å². The van der Waals surface area contributed by atoms with Gasteiger partial charge < -0.3 is 9.47 Å². The number of carbonyl (C=O) groups excluding carboxylic acids is 1. The molecule has 0 N–H and O–H groups in total. The lowest BCUT2D eigenvalue weighted by atomic mass is 10.1. The van der Waals surface area contributed by atoms with Gasteiger partial charge in [-0.15, -0.1) is 0 Å². The molecule has 0 aliphatic carbocycles. The summed E-state index contributed by atoms with van der Waals surface area (Å²) in [7, 11) is 1.42. The maximum absolute atomic E-state index is 11.6. The fourth-order valence-corrected chi connectivity index (χ4v) is 1.88. The third kappa shape index (κ3) is 2.64. The number of carbonyl (C=O) groups is 1. The highest BCUT2D eigenvalue weighted by Gasteiger charge is 2.18. The van der Waals surface area contributed by atoms with E-state index in [2.05, 4.69) is 0 Å². The van der Waals surface area contributed by atoms with Crippen LogP contribution in [0.4, 0.5) is 0 Å². The van der Waals surface area contributed by atoms with Crippen molar-refractivity contribution in [2.24, 2.45) is 0 Å². The average molecular weight is 331 g/mol. The van der Waals surface area contributed by atoms with Crippen LogP contribution in [0.5, 0.6) is 5.75 Å². The molecule has 0 atom stereocenters. The Kier molecular flexibility index (Phi) is 4.55. The molecule has 0 aromatic heterocycles. The molecule has 1 aromatic rings.